The van der Waals surface area contributed by atoms with Gasteiger partial charge in [-0.2, -0.15) is 10.5 Å². The quantitative estimate of drug-likeness (QED) is 0.0381. The monoisotopic (exact) mass is 912 g/mol. The number of unbranched alkanes of at least 4 members (excludes halogenated alkanes) is 8. The molecule has 60 heavy (non-hydrogen) atoms. The lowest BCUT2D eigenvalue weighted by atomic mass is 10.1. The number of hydrogen-bond acceptors (Lipinski definition) is 12. The normalized spacial score (nSPS) is 10.2. The van der Waals surface area contributed by atoms with E-state index in [9.17, 15) is 9.59 Å². The molecule has 4 aromatic carbocycles. The largest absolute Gasteiger partial charge is 0.508 e. The zero-order chi connectivity index (χ0) is 42.2. The Labute approximate surface area is 369 Å². The standard InChI is InChI=1S/C23H24N2O3S.C15H21BrO2.C8H4N2OS.CH4/c1-2-3-4-5-6-7-23(26)28-18-10-8-17(9-11-18)16-27-19-12-13-20-21(14-19)29-22(15-24)25-20;1-2-3-4-5-6-7-15(17)18-14-10-8-13(12-16)9-11-14;9-4-8-10-6-2-1-5(11)3-7(6)12-8;/h8-14H,2-7,16H2,1H3;8-11H,2-7,12H2,1H3;1-3,11H;1H4. The number of halogens is 1. The van der Waals surface area contributed by atoms with Gasteiger partial charge in [0.05, 0.1) is 20.4 Å². The van der Waals surface area contributed by atoms with E-state index in [0.29, 0.717) is 41.0 Å². The minimum absolute atomic E-state index is 0. The van der Waals surface area contributed by atoms with Crippen molar-refractivity contribution in [1.82, 2.24) is 9.97 Å². The number of aromatic hydroxyl groups is 1. The molecule has 2 heterocycles. The molecule has 0 aliphatic rings. The van der Waals surface area contributed by atoms with Crippen molar-refractivity contribution in [3.8, 4) is 35.1 Å². The van der Waals surface area contributed by atoms with E-state index in [0.717, 1.165) is 62.8 Å². The summed E-state index contributed by atoms with van der Waals surface area (Å²) in [6, 6.07) is 29.4. The summed E-state index contributed by atoms with van der Waals surface area (Å²) in [6.07, 6.45) is 12.3. The van der Waals surface area contributed by atoms with Gasteiger partial charge in [0.15, 0.2) is 10.0 Å². The molecule has 0 radical (unpaired) electrons. The minimum Gasteiger partial charge on any atom is -0.508 e. The molecule has 2 aromatic heterocycles. The van der Waals surface area contributed by atoms with Gasteiger partial charge in [-0.25, -0.2) is 9.97 Å². The Hall–Kier alpha value is -5.34. The molecule has 6 rings (SSSR count). The van der Waals surface area contributed by atoms with Gasteiger partial charge in [-0.3, -0.25) is 9.59 Å². The summed E-state index contributed by atoms with van der Waals surface area (Å²) in [5.74, 6) is 1.82. The molecule has 0 saturated carbocycles. The van der Waals surface area contributed by atoms with Crippen molar-refractivity contribution in [2.75, 3.05) is 0 Å². The lowest BCUT2D eigenvalue weighted by Crippen LogP contribution is -2.07. The number of nitrogens with zero attached hydrogens (tertiary/aromatic N) is 4. The van der Waals surface area contributed by atoms with E-state index in [1.54, 1.807) is 30.3 Å². The van der Waals surface area contributed by atoms with E-state index in [1.807, 2.05) is 60.7 Å². The zero-order valence-electron chi connectivity index (χ0n) is 33.5. The van der Waals surface area contributed by atoms with Crippen LogP contribution in [0.2, 0.25) is 0 Å². The minimum atomic E-state index is -0.180. The molecule has 0 bridgehead atoms. The first-order chi connectivity index (χ1) is 28.7. The lowest BCUT2D eigenvalue weighted by Gasteiger charge is -2.08. The highest BCUT2D eigenvalue weighted by Crippen LogP contribution is 2.27. The number of aromatic nitrogens is 2. The fourth-order valence-electron chi connectivity index (χ4n) is 5.58. The summed E-state index contributed by atoms with van der Waals surface area (Å²) in [7, 11) is 0. The van der Waals surface area contributed by atoms with E-state index in [1.165, 1.54) is 66.8 Å². The highest BCUT2D eigenvalue weighted by Gasteiger charge is 2.08. The van der Waals surface area contributed by atoms with Crippen LogP contribution in [0.15, 0.2) is 84.9 Å². The fraction of sp³-hybridized carbons (Fsp3) is 0.362. The topological polar surface area (TPSA) is 155 Å². The maximum atomic E-state index is 11.9. The van der Waals surface area contributed by atoms with Crippen molar-refractivity contribution in [2.24, 2.45) is 0 Å². The van der Waals surface area contributed by atoms with Crippen LogP contribution in [0.25, 0.3) is 20.4 Å². The average molecular weight is 914 g/mol. The Morgan fingerprint density at radius 2 is 1.08 bits per heavy atom. The summed E-state index contributed by atoms with van der Waals surface area (Å²) in [5.41, 5.74) is 3.71. The van der Waals surface area contributed by atoms with Gasteiger partial charge in [-0.1, -0.05) is 113 Å². The summed E-state index contributed by atoms with van der Waals surface area (Å²) in [6.45, 7) is 4.76. The highest BCUT2D eigenvalue weighted by molar-refractivity contribution is 9.08. The van der Waals surface area contributed by atoms with E-state index in [4.69, 9.17) is 29.8 Å². The van der Waals surface area contributed by atoms with E-state index in [2.05, 4.69) is 45.8 Å². The summed E-state index contributed by atoms with van der Waals surface area (Å²) >= 11 is 6.01. The van der Waals surface area contributed by atoms with Gasteiger partial charge in [0.2, 0.25) is 0 Å². The first-order valence-electron chi connectivity index (χ1n) is 19.8. The predicted molar refractivity (Wildman–Crippen MR) is 245 cm³/mol. The van der Waals surface area contributed by atoms with E-state index < -0.39 is 0 Å². The zero-order valence-corrected chi connectivity index (χ0v) is 36.7. The third-order valence-electron chi connectivity index (χ3n) is 8.76. The van der Waals surface area contributed by atoms with Crippen LogP contribution < -0.4 is 14.2 Å². The first-order valence-corrected chi connectivity index (χ1v) is 22.6. The number of carbonyl (C=O) groups is 2. The maximum absolute atomic E-state index is 11.9. The van der Waals surface area contributed by atoms with Gasteiger partial charge >= 0.3 is 11.9 Å². The van der Waals surface area contributed by atoms with Gasteiger partial charge < -0.3 is 19.3 Å². The van der Waals surface area contributed by atoms with Crippen molar-refractivity contribution >= 4 is 71.0 Å². The fourth-order valence-corrected chi connectivity index (χ4v) is 7.54. The summed E-state index contributed by atoms with van der Waals surface area (Å²) in [4.78, 5) is 31.7. The van der Waals surface area contributed by atoms with Crippen molar-refractivity contribution in [1.29, 1.82) is 10.5 Å². The molecular weight excluding hydrogens is 861 g/mol. The third kappa shape index (κ3) is 17.5. The molecule has 0 amide bonds. The lowest BCUT2D eigenvalue weighted by molar-refractivity contribution is -0.135. The molecule has 0 saturated heterocycles. The second-order valence-corrected chi connectivity index (χ2v) is 16.2. The van der Waals surface area contributed by atoms with Crippen LogP contribution in [-0.4, -0.2) is 27.0 Å². The number of esters is 2. The number of hydrogen-bond donors (Lipinski definition) is 1. The number of alkyl halides is 1. The van der Waals surface area contributed by atoms with Crippen molar-refractivity contribution in [3.05, 3.63) is 106 Å². The molecule has 0 fully saturated rings. The van der Waals surface area contributed by atoms with Crippen LogP contribution in [-0.2, 0) is 21.5 Å². The van der Waals surface area contributed by atoms with Crippen LogP contribution in [0.1, 0.15) is 119 Å². The van der Waals surface area contributed by atoms with Crippen LogP contribution in [0.3, 0.4) is 0 Å². The van der Waals surface area contributed by atoms with Gasteiger partial charge in [-0.15, -0.1) is 22.7 Å². The number of phenols is 1. The molecule has 316 valence electrons. The van der Waals surface area contributed by atoms with Crippen molar-refractivity contribution < 1.29 is 28.9 Å². The maximum Gasteiger partial charge on any atom is 0.311 e. The highest BCUT2D eigenvalue weighted by atomic mass is 79.9. The number of phenolic OH excluding ortho intramolecular Hbond substituents is 1. The van der Waals surface area contributed by atoms with Crippen LogP contribution in [0.4, 0.5) is 0 Å². The Morgan fingerprint density at radius 1 is 0.633 bits per heavy atom. The summed E-state index contributed by atoms with van der Waals surface area (Å²) in [5, 5.41) is 28.3. The van der Waals surface area contributed by atoms with Crippen LogP contribution >= 0.6 is 38.6 Å². The van der Waals surface area contributed by atoms with Crippen LogP contribution in [0.5, 0.6) is 23.0 Å². The molecule has 13 heteroatoms. The smallest absolute Gasteiger partial charge is 0.311 e. The van der Waals surface area contributed by atoms with Gasteiger partial charge in [0, 0.05) is 18.2 Å². The number of fused-ring (bicyclic) bond motifs is 2. The molecule has 0 aliphatic heterocycles. The average Bonchev–Trinajstić information content (AvgIpc) is 3.87. The number of benzene rings is 4. The Balaban J connectivity index is 0.000000263. The second-order valence-electron chi connectivity index (χ2n) is 13.5. The van der Waals surface area contributed by atoms with Gasteiger partial charge in [-0.05, 0) is 84.6 Å². The number of ether oxygens (including phenoxy) is 3. The Morgan fingerprint density at radius 3 is 1.57 bits per heavy atom. The van der Waals surface area contributed by atoms with Crippen molar-refractivity contribution in [3.63, 3.8) is 0 Å². The molecule has 0 atom stereocenters. The number of thiazole rings is 2. The van der Waals surface area contributed by atoms with Crippen LogP contribution in [0, 0.1) is 22.7 Å². The second kappa shape index (κ2) is 27.4. The molecular formula is C47H53BrN4O6S2. The third-order valence-corrected chi connectivity index (χ3v) is 11.3. The molecule has 1 N–H and O–H groups in total. The SMILES string of the molecule is C.CCCCCCCC(=O)Oc1ccc(CBr)cc1.CCCCCCCC(=O)Oc1ccc(COc2ccc3nc(C#N)sc3c2)cc1.N#Cc1nc2ccc(O)cc2s1. The molecule has 10 nitrogen and oxygen atoms in total. The number of nitriles is 2. The van der Waals surface area contributed by atoms with E-state index in [-0.39, 0.29) is 25.1 Å². The summed E-state index contributed by atoms with van der Waals surface area (Å²) < 4.78 is 18.3. The molecule has 0 unspecified atom stereocenters. The first kappa shape index (κ1) is 49.0. The molecule has 6 aromatic rings. The predicted octanol–water partition coefficient (Wildman–Crippen LogP) is 13.4. The van der Waals surface area contributed by atoms with Gasteiger partial charge in [0.25, 0.3) is 0 Å². The Bertz CT molecular complexity index is 2300. The number of carbonyl (C=O) groups excluding carboxylic acids is 2. The molecule has 0 spiro atoms. The van der Waals surface area contributed by atoms with Crippen molar-refractivity contribution in [2.45, 2.75) is 110 Å². The molecule has 0 aliphatic carbocycles. The van der Waals surface area contributed by atoms with E-state index >= 15 is 0 Å². The Kier molecular flexibility index (Phi) is 22.4. The number of rotatable bonds is 18. The van der Waals surface area contributed by atoms with Gasteiger partial charge in [0.1, 0.15) is 41.7 Å².